The summed E-state index contributed by atoms with van der Waals surface area (Å²) in [6, 6.07) is 9.00. The van der Waals surface area contributed by atoms with Gasteiger partial charge in [0.1, 0.15) is 6.33 Å². The molecule has 0 unspecified atom stereocenters. The number of aryl methyl sites for hydroxylation is 2. The quantitative estimate of drug-likeness (QED) is 0.510. The van der Waals surface area contributed by atoms with Crippen molar-refractivity contribution in [3.05, 3.63) is 58.7 Å². The molecule has 0 radical (unpaired) electrons. The Hall–Kier alpha value is -2.62. The third-order valence-corrected chi connectivity index (χ3v) is 5.71. The molecule has 154 valence electrons. The van der Waals surface area contributed by atoms with E-state index in [1.54, 1.807) is 6.33 Å². The first-order valence-corrected chi connectivity index (χ1v) is 10.6. The fourth-order valence-corrected chi connectivity index (χ4v) is 4.15. The molecule has 0 fully saturated rings. The summed E-state index contributed by atoms with van der Waals surface area (Å²) in [5.41, 5.74) is 20.2. The lowest BCUT2D eigenvalue weighted by molar-refractivity contribution is 0.801. The Morgan fingerprint density at radius 1 is 0.793 bits per heavy atom. The van der Waals surface area contributed by atoms with Gasteiger partial charge in [0.05, 0.1) is 17.1 Å². The van der Waals surface area contributed by atoms with E-state index in [1.165, 1.54) is 27.5 Å². The Morgan fingerprint density at radius 2 is 1.52 bits per heavy atom. The lowest BCUT2D eigenvalue weighted by Crippen LogP contribution is -2.07. The molecule has 0 saturated heterocycles. The van der Waals surface area contributed by atoms with Crippen LogP contribution in [0.4, 0.5) is 11.4 Å². The molecule has 0 aliphatic rings. The number of hydrogen-bond donors (Lipinski definition) is 2. The van der Waals surface area contributed by atoms with E-state index in [2.05, 4.69) is 75.8 Å². The normalized spacial score (nSPS) is 11.9. The molecule has 1 aromatic heterocycles. The number of aromatic nitrogens is 2. The summed E-state index contributed by atoms with van der Waals surface area (Å²) in [7, 11) is 0. The molecule has 29 heavy (non-hydrogen) atoms. The highest BCUT2D eigenvalue weighted by molar-refractivity contribution is 5.92. The highest BCUT2D eigenvalue weighted by Crippen LogP contribution is 2.37. The van der Waals surface area contributed by atoms with Crippen LogP contribution in [-0.4, -0.2) is 9.97 Å². The SMILES string of the molecule is CC(C)c1cc2cc(CCc3ncnc(C(C)C)c3N)ccc2c(C(C)C)c1N. The maximum atomic E-state index is 6.55. The van der Waals surface area contributed by atoms with Crippen LogP contribution >= 0.6 is 0 Å². The predicted molar refractivity (Wildman–Crippen MR) is 124 cm³/mol. The Kier molecular flexibility index (Phi) is 6.11. The smallest absolute Gasteiger partial charge is 0.116 e. The van der Waals surface area contributed by atoms with Gasteiger partial charge < -0.3 is 11.5 Å². The predicted octanol–water partition coefficient (Wildman–Crippen LogP) is 5.95. The van der Waals surface area contributed by atoms with Crippen LogP contribution in [0.2, 0.25) is 0 Å². The summed E-state index contributed by atoms with van der Waals surface area (Å²) < 4.78 is 0. The van der Waals surface area contributed by atoms with Gasteiger partial charge in [-0.2, -0.15) is 0 Å². The molecule has 3 rings (SSSR count). The zero-order valence-electron chi connectivity index (χ0n) is 18.6. The van der Waals surface area contributed by atoms with Crippen molar-refractivity contribution >= 4 is 22.1 Å². The first-order valence-electron chi connectivity index (χ1n) is 10.6. The monoisotopic (exact) mass is 390 g/mol. The number of hydrogen-bond acceptors (Lipinski definition) is 4. The maximum Gasteiger partial charge on any atom is 0.116 e. The standard InChI is InChI=1S/C25H34N4/c1-14(2)20-12-18-11-17(7-9-19(18)22(15(3)4)23(20)26)8-10-21-24(27)25(16(5)6)29-13-28-21/h7,9,11-16H,8,10,26-27H2,1-6H3. The summed E-state index contributed by atoms with van der Waals surface area (Å²) in [6.07, 6.45) is 3.34. The Morgan fingerprint density at radius 3 is 2.14 bits per heavy atom. The molecule has 0 spiro atoms. The topological polar surface area (TPSA) is 77.8 Å². The average Bonchev–Trinajstić information content (AvgIpc) is 2.65. The number of fused-ring (bicyclic) bond motifs is 1. The molecule has 4 N–H and O–H groups in total. The van der Waals surface area contributed by atoms with E-state index in [-0.39, 0.29) is 0 Å². The summed E-state index contributed by atoms with van der Waals surface area (Å²) >= 11 is 0. The van der Waals surface area contributed by atoms with Crippen molar-refractivity contribution in [2.24, 2.45) is 0 Å². The van der Waals surface area contributed by atoms with E-state index >= 15 is 0 Å². The third kappa shape index (κ3) is 4.21. The minimum absolute atomic E-state index is 0.298. The Labute approximate surface area is 174 Å². The van der Waals surface area contributed by atoms with Crippen LogP contribution < -0.4 is 11.5 Å². The Bertz CT molecular complexity index is 1020. The van der Waals surface area contributed by atoms with Crippen LogP contribution in [0.1, 0.15) is 87.4 Å². The van der Waals surface area contributed by atoms with Gasteiger partial charge >= 0.3 is 0 Å². The van der Waals surface area contributed by atoms with Gasteiger partial charge in [-0.1, -0.05) is 59.7 Å². The van der Waals surface area contributed by atoms with Gasteiger partial charge in [0, 0.05) is 5.69 Å². The number of rotatable bonds is 6. The summed E-state index contributed by atoms with van der Waals surface area (Å²) in [6.45, 7) is 13.1. The van der Waals surface area contributed by atoms with E-state index < -0.39 is 0 Å². The van der Waals surface area contributed by atoms with Crippen molar-refractivity contribution in [3.63, 3.8) is 0 Å². The fraction of sp³-hybridized carbons (Fsp3) is 0.440. The molecule has 4 heteroatoms. The van der Waals surface area contributed by atoms with Gasteiger partial charge in [-0.25, -0.2) is 9.97 Å². The molecule has 0 aliphatic heterocycles. The molecule has 4 nitrogen and oxygen atoms in total. The lowest BCUT2D eigenvalue weighted by atomic mass is 9.87. The van der Waals surface area contributed by atoms with Crippen molar-refractivity contribution in [3.8, 4) is 0 Å². The van der Waals surface area contributed by atoms with Gasteiger partial charge in [0.15, 0.2) is 0 Å². The zero-order valence-corrected chi connectivity index (χ0v) is 18.6. The van der Waals surface area contributed by atoms with Crippen LogP contribution in [0.25, 0.3) is 10.8 Å². The maximum absolute atomic E-state index is 6.55. The first kappa shape index (κ1) is 21.1. The number of benzene rings is 2. The van der Waals surface area contributed by atoms with Crippen LogP contribution in [0, 0.1) is 0 Å². The van der Waals surface area contributed by atoms with Crippen molar-refractivity contribution in [1.82, 2.24) is 9.97 Å². The van der Waals surface area contributed by atoms with E-state index in [0.717, 1.165) is 35.6 Å². The van der Waals surface area contributed by atoms with Crippen LogP contribution in [0.15, 0.2) is 30.6 Å². The molecule has 1 heterocycles. The van der Waals surface area contributed by atoms with Crippen molar-refractivity contribution < 1.29 is 0 Å². The largest absolute Gasteiger partial charge is 0.398 e. The molecule has 3 aromatic rings. The molecule has 0 amide bonds. The fourth-order valence-electron chi connectivity index (χ4n) is 4.15. The summed E-state index contributed by atoms with van der Waals surface area (Å²) in [4.78, 5) is 8.78. The molecule has 0 aliphatic carbocycles. The number of anilines is 2. The number of nitrogens with two attached hydrogens (primary N) is 2. The molecule has 0 bridgehead atoms. The van der Waals surface area contributed by atoms with Crippen LogP contribution in [0.3, 0.4) is 0 Å². The molecule has 0 atom stereocenters. The van der Waals surface area contributed by atoms with Crippen LogP contribution in [0.5, 0.6) is 0 Å². The van der Waals surface area contributed by atoms with Gasteiger partial charge in [0.2, 0.25) is 0 Å². The van der Waals surface area contributed by atoms with Crippen molar-refractivity contribution in [2.75, 3.05) is 11.5 Å². The Balaban J connectivity index is 1.96. The minimum Gasteiger partial charge on any atom is -0.398 e. The summed E-state index contributed by atoms with van der Waals surface area (Å²) in [5.74, 6) is 1.08. The average molecular weight is 391 g/mol. The molecule has 0 saturated carbocycles. The van der Waals surface area contributed by atoms with Gasteiger partial charge in [0.25, 0.3) is 0 Å². The molecular formula is C25H34N4. The second kappa shape index (κ2) is 8.40. The first-order chi connectivity index (χ1) is 13.7. The van der Waals surface area contributed by atoms with E-state index in [1.807, 2.05) is 0 Å². The van der Waals surface area contributed by atoms with E-state index in [9.17, 15) is 0 Å². The lowest BCUT2D eigenvalue weighted by Gasteiger charge is -2.20. The molecular weight excluding hydrogens is 356 g/mol. The van der Waals surface area contributed by atoms with Crippen LogP contribution in [-0.2, 0) is 12.8 Å². The van der Waals surface area contributed by atoms with Crippen molar-refractivity contribution in [2.45, 2.75) is 72.1 Å². The third-order valence-electron chi connectivity index (χ3n) is 5.71. The van der Waals surface area contributed by atoms with Gasteiger partial charge in [-0.15, -0.1) is 0 Å². The molecule has 2 aromatic carbocycles. The van der Waals surface area contributed by atoms with Crippen molar-refractivity contribution in [1.29, 1.82) is 0 Å². The second-order valence-corrected chi connectivity index (χ2v) is 8.93. The number of nitrogens with zero attached hydrogens (tertiary/aromatic N) is 2. The van der Waals surface area contributed by atoms with Gasteiger partial charge in [-0.05, 0) is 64.1 Å². The minimum atomic E-state index is 0.298. The van der Waals surface area contributed by atoms with Gasteiger partial charge in [-0.3, -0.25) is 0 Å². The van der Waals surface area contributed by atoms with E-state index in [0.29, 0.717) is 17.8 Å². The zero-order chi connectivity index (χ0) is 21.3. The summed E-state index contributed by atoms with van der Waals surface area (Å²) in [5, 5.41) is 2.52. The number of nitrogen functional groups attached to an aromatic ring is 2. The highest BCUT2D eigenvalue weighted by Gasteiger charge is 2.16. The highest BCUT2D eigenvalue weighted by atomic mass is 14.9. The van der Waals surface area contributed by atoms with E-state index in [4.69, 9.17) is 11.5 Å². The second-order valence-electron chi connectivity index (χ2n) is 8.93.